The fraction of sp³-hybridized carbons (Fsp3) is 0.278. The average molecular weight is 299 g/mol. The van der Waals surface area contributed by atoms with Gasteiger partial charge in [-0.25, -0.2) is 0 Å². The van der Waals surface area contributed by atoms with Gasteiger partial charge < -0.3 is 15.3 Å². The molecule has 0 saturated carbocycles. The van der Waals surface area contributed by atoms with Crippen molar-refractivity contribution in [1.29, 1.82) is 0 Å². The van der Waals surface area contributed by atoms with Gasteiger partial charge in [0.2, 0.25) is 0 Å². The second-order valence-electron chi connectivity index (χ2n) is 5.66. The fourth-order valence-electron chi connectivity index (χ4n) is 2.34. The van der Waals surface area contributed by atoms with Gasteiger partial charge in [-0.05, 0) is 11.1 Å². The highest BCUT2D eigenvalue weighted by molar-refractivity contribution is 5.90. The first-order valence-electron chi connectivity index (χ1n) is 7.46. The van der Waals surface area contributed by atoms with Gasteiger partial charge in [0.15, 0.2) is 5.60 Å². The lowest BCUT2D eigenvalue weighted by atomic mass is 9.85. The van der Waals surface area contributed by atoms with E-state index in [1.54, 1.807) is 24.3 Å². The lowest BCUT2D eigenvalue weighted by molar-refractivity contribution is -0.856. The highest BCUT2D eigenvalue weighted by Gasteiger charge is 2.39. The number of rotatable bonds is 6. The van der Waals surface area contributed by atoms with E-state index in [0.29, 0.717) is 17.7 Å². The van der Waals surface area contributed by atoms with Crippen molar-refractivity contribution in [1.82, 2.24) is 5.32 Å². The molecule has 0 fully saturated rings. The molecule has 2 rings (SSSR count). The number of amides is 1. The molecule has 0 aromatic heterocycles. The van der Waals surface area contributed by atoms with Crippen LogP contribution in [0.15, 0.2) is 60.7 Å². The monoisotopic (exact) mass is 299 g/mol. The molecule has 22 heavy (non-hydrogen) atoms. The zero-order valence-electron chi connectivity index (χ0n) is 13.0. The van der Waals surface area contributed by atoms with E-state index in [1.807, 2.05) is 50.5 Å². The topological polar surface area (TPSA) is 53.8 Å². The van der Waals surface area contributed by atoms with E-state index >= 15 is 0 Å². The SMILES string of the molecule is C[NH+](C)CCNC(=O)C(O)(c1ccccc1)c1ccccc1. The molecule has 116 valence electrons. The molecule has 0 spiro atoms. The molecule has 2 aromatic rings. The van der Waals surface area contributed by atoms with E-state index in [9.17, 15) is 9.90 Å². The Labute approximate surface area is 131 Å². The molecule has 0 heterocycles. The largest absolute Gasteiger partial charge is 0.372 e. The predicted molar refractivity (Wildman–Crippen MR) is 86.6 cm³/mol. The summed E-state index contributed by atoms with van der Waals surface area (Å²) in [5, 5.41) is 14.0. The van der Waals surface area contributed by atoms with Crippen LogP contribution in [0.25, 0.3) is 0 Å². The Hall–Kier alpha value is -2.17. The van der Waals surface area contributed by atoms with Gasteiger partial charge >= 0.3 is 0 Å². The summed E-state index contributed by atoms with van der Waals surface area (Å²) >= 11 is 0. The lowest BCUT2D eigenvalue weighted by Gasteiger charge is -2.28. The normalized spacial score (nSPS) is 11.5. The second-order valence-corrected chi connectivity index (χ2v) is 5.66. The van der Waals surface area contributed by atoms with Crippen LogP contribution in [0.1, 0.15) is 11.1 Å². The quantitative estimate of drug-likeness (QED) is 0.713. The second kappa shape index (κ2) is 7.20. The molecule has 0 saturated heterocycles. The molecule has 4 nitrogen and oxygen atoms in total. The van der Waals surface area contributed by atoms with Gasteiger partial charge in [0.1, 0.15) is 0 Å². The highest BCUT2D eigenvalue weighted by Crippen LogP contribution is 2.29. The first kappa shape index (κ1) is 16.2. The Kier molecular flexibility index (Phi) is 5.31. The molecular weight excluding hydrogens is 276 g/mol. The molecule has 0 aliphatic carbocycles. The molecule has 0 unspecified atom stereocenters. The Morgan fingerprint density at radius 1 is 1.00 bits per heavy atom. The van der Waals surface area contributed by atoms with Crippen LogP contribution in [0.4, 0.5) is 0 Å². The van der Waals surface area contributed by atoms with Gasteiger partial charge in [0.25, 0.3) is 5.91 Å². The van der Waals surface area contributed by atoms with Gasteiger partial charge in [-0.15, -0.1) is 0 Å². The lowest BCUT2D eigenvalue weighted by Crippen LogP contribution is -3.06. The Morgan fingerprint density at radius 3 is 1.86 bits per heavy atom. The number of carbonyl (C=O) groups is 1. The first-order valence-corrected chi connectivity index (χ1v) is 7.46. The summed E-state index contributed by atoms with van der Waals surface area (Å²) < 4.78 is 0. The van der Waals surface area contributed by atoms with Crippen LogP contribution in [0, 0.1) is 0 Å². The van der Waals surface area contributed by atoms with Crippen LogP contribution in [0.3, 0.4) is 0 Å². The van der Waals surface area contributed by atoms with E-state index in [2.05, 4.69) is 5.32 Å². The Morgan fingerprint density at radius 2 is 1.45 bits per heavy atom. The van der Waals surface area contributed by atoms with Gasteiger partial charge in [-0.1, -0.05) is 60.7 Å². The molecule has 1 amide bonds. The van der Waals surface area contributed by atoms with Crippen molar-refractivity contribution in [2.75, 3.05) is 27.2 Å². The number of aliphatic hydroxyl groups is 1. The van der Waals surface area contributed by atoms with E-state index in [1.165, 1.54) is 4.90 Å². The number of hydrogen-bond donors (Lipinski definition) is 3. The molecular formula is C18H23N2O2+. The van der Waals surface area contributed by atoms with Gasteiger partial charge in [0.05, 0.1) is 27.2 Å². The van der Waals surface area contributed by atoms with Crippen molar-refractivity contribution in [3.63, 3.8) is 0 Å². The minimum absolute atomic E-state index is 0.397. The molecule has 3 N–H and O–H groups in total. The van der Waals surface area contributed by atoms with Crippen molar-refractivity contribution in [2.24, 2.45) is 0 Å². The number of benzene rings is 2. The summed E-state index contributed by atoms with van der Waals surface area (Å²) in [6.45, 7) is 1.31. The Balaban J connectivity index is 2.32. The third kappa shape index (κ3) is 3.53. The maximum Gasteiger partial charge on any atom is 0.261 e. The summed E-state index contributed by atoms with van der Waals surface area (Å²) in [5.74, 6) is -0.397. The maximum atomic E-state index is 12.7. The van der Waals surface area contributed by atoms with Crippen LogP contribution < -0.4 is 10.2 Å². The number of quaternary nitrogens is 1. The van der Waals surface area contributed by atoms with Gasteiger partial charge in [-0.3, -0.25) is 4.79 Å². The van der Waals surface area contributed by atoms with E-state index in [0.717, 1.165) is 6.54 Å². The zero-order valence-corrected chi connectivity index (χ0v) is 13.0. The van der Waals surface area contributed by atoms with E-state index in [-0.39, 0.29) is 0 Å². The summed E-state index contributed by atoms with van der Waals surface area (Å²) in [6, 6.07) is 18.1. The van der Waals surface area contributed by atoms with Crippen molar-refractivity contribution in [2.45, 2.75) is 5.60 Å². The summed E-state index contributed by atoms with van der Waals surface area (Å²) in [5.41, 5.74) is -0.545. The molecule has 0 aliphatic heterocycles. The van der Waals surface area contributed by atoms with E-state index < -0.39 is 11.5 Å². The summed E-state index contributed by atoms with van der Waals surface area (Å²) in [7, 11) is 4.04. The minimum Gasteiger partial charge on any atom is -0.372 e. The van der Waals surface area contributed by atoms with Gasteiger partial charge in [-0.2, -0.15) is 0 Å². The predicted octanol–water partition coefficient (Wildman–Crippen LogP) is 0.183. The number of hydrogen-bond acceptors (Lipinski definition) is 2. The van der Waals surface area contributed by atoms with Crippen LogP contribution in [0.2, 0.25) is 0 Å². The standard InChI is InChI=1S/C18H22N2O2/c1-20(2)14-13-19-17(21)18(22,15-9-5-3-6-10-15)16-11-7-4-8-12-16/h3-12,22H,13-14H2,1-2H3,(H,19,21)/p+1. The molecule has 4 heteroatoms. The fourth-order valence-corrected chi connectivity index (χ4v) is 2.34. The van der Waals surface area contributed by atoms with Gasteiger partial charge in [0, 0.05) is 0 Å². The summed E-state index contributed by atoms with van der Waals surface area (Å²) in [6.07, 6.45) is 0. The number of carbonyl (C=O) groups excluding carboxylic acids is 1. The third-order valence-electron chi connectivity index (χ3n) is 3.62. The molecule has 2 aromatic carbocycles. The first-order chi connectivity index (χ1) is 10.5. The maximum absolute atomic E-state index is 12.7. The molecule has 0 bridgehead atoms. The van der Waals surface area contributed by atoms with Crippen LogP contribution in [-0.2, 0) is 10.4 Å². The highest BCUT2D eigenvalue weighted by atomic mass is 16.3. The van der Waals surface area contributed by atoms with E-state index in [4.69, 9.17) is 0 Å². The van der Waals surface area contributed by atoms with Crippen molar-refractivity contribution < 1.29 is 14.8 Å². The molecule has 0 aliphatic rings. The van der Waals surface area contributed by atoms with Crippen molar-refractivity contribution >= 4 is 5.91 Å². The Bertz CT molecular complexity index is 557. The average Bonchev–Trinajstić information content (AvgIpc) is 2.55. The number of likely N-dealkylation sites (N-methyl/N-ethyl adjacent to an activating group) is 1. The minimum atomic E-state index is -1.68. The number of nitrogens with one attached hydrogen (secondary N) is 2. The third-order valence-corrected chi connectivity index (χ3v) is 3.62. The van der Waals surface area contributed by atoms with Crippen molar-refractivity contribution in [3.8, 4) is 0 Å². The molecule has 0 radical (unpaired) electrons. The summed E-state index contributed by atoms with van der Waals surface area (Å²) in [4.78, 5) is 13.9. The smallest absolute Gasteiger partial charge is 0.261 e. The van der Waals surface area contributed by atoms with Crippen LogP contribution in [0.5, 0.6) is 0 Å². The van der Waals surface area contributed by atoms with Crippen LogP contribution >= 0.6 is 0 Å². The molecule has 0 atom stereocenters. The van der Waals surface area contributed by atoms with Crippen LogP contribution in [-0.4, -0.2) is 38.2 Å². The zero-order chi connectivity index (χ0) is 16.0. The van der Waals surface area contributed by atoms with Crippen molar-refractivity contribution in [3.05, 3.63) is 71.8 Å².